The van der Waals surface area contributed by atoms with Crippen LogP contribution in [-0.2, 0) is 28.7 Å². The van der Waals surface area contributed by atoms with E-state index in [1.165, 1.54) is 9.80 Å². The summed E-state index contributed by atoms with van der Waals surface area (Å²) in [5, 5.41) is 12.6. The molecule has 0 radical (unpaired) electrons. The first-order valence-electron chi connectivity index (χ1n) is 16.0. The van der Waals surface area contributed by atoms with Crippen LogP contribution in [0.4, 0.5) is 5.69 Å². The van der Waals surface area contributed by atoms with E-state index in [0.29, 0.717) is 46.4 Å². The van der Waals surface area contributed by atoms with Crippen molar-refractivity contribution in [3.63, 3.8) is 0 Å². The average Bonchev–Trinajstić information content (AvgIpc) is 3.66. The smallest absolute Gasteiger partial charge is 0.313 e. The number of likely N-dealkylation sites (tertiary alicyclic amines) is 1. The normalized spacial score (nSPS) is 30.2. The van der Waals surface area contributed by atoms with Crippen molar-refractivity contribution >= 4 is 56.9 Å². The molecule has 3 amide bonds. The lowest BCUT2D eigenvalue weighted by Crippen LogP contribution is -2.56. The maximum atomic E-state index is 14.9. The first kappa shape index (κ1) is 33.4. The Morgan fingerprint density at radius 2 is 1.74 bits per heavy atom. The number of rotatable bonds is 7. The minimum atomic E-state index is -1.44. The van der Waals surface area contributed by atoms with E-state index < -0.39 is 47.6 Å². The van der Waals surface area contributed by atoms with E-state index in [-0.39, 0.29) is 44.5 Å². The summed E-state index contributed by atoms with van der Waals surface area (Å²) in [4.78, 5) is 59.4. The van der Waals surface area contributed by atoms with Crippen LogP contribution < -0.4 is 10.2 Å². The third kappa shape index (κ3) is 6.38. The number of para-hydroxylation sites is 1. The number of carbonyl (C=O) groups excluding carboxylic acids is 4. The topological polar surface area (TPSA) is 125 Å². The number of anilines is 1. The number of halogens is 2. The Hall–Kier alpha value is -3.51. The van der Waals surface area contributed by atoms with Crippen LogP contribution in [0.25, 0.3) is 0 Å². The molecule has 1 spiro atoms. The maximum absolute atomic E-state index is 14.9. The van der Waals surface area contributed by atoms with E-state index in [1.54, 1.807) is 30.3 Å². The van der Waals surface area contributed by atoms with Gasteiger partial charge in [0.15, 0.2) is 0 Å². The summed E-state index contributed by atoms with van der Waals surface area (Å²) in [6, 6.07) is 15.0. The second-order valence-corrected chi connectivity index (χ2v) is 13.5. The molecule has 2 saturated heterocycles. The van der Waals surface area contributed by atoms with Crippen molar-refractivity contribution in [2.45, 2.75) is 56.0 Å². The Morgan fingerprint density at radius 3 is 2.51 bits per heavy atom. The van der Waals surface area contributed by atoms with Crippen LogP contribution in [-0.4, -0.2) is 77.7 Å². The lowest BCUT2D eigenvalue weighted by molar-refractivity contribution is -0.159. The number of amides is 3. The third-order valence-electron chi connectivity index (χ3n) is 9.31. The predicted molar refractivity (Wildman–Crippen MR) is 178 cm³/mol. The molecule has 2 fully saturated rings. The molecule has 0 aliphatic carbocycles. The van der Waals surface area contributed by atoms with Gasteiger partial charge in [-0.15, -0.1) is 0 Å². The van der Waals surface area contributed by atoms with E-state index in [0.717, 1.165) is 0 Å². The summed E-state index contributed by atoms with van der Waals surface area (Å²) in [7, 11) is 0. The van der Waals surface area contributed by atoms with Crippen LogP contribution in [0.3, 0.4) is 0 Å². The van der Waals surface area contributed by atoms with Gasteiger partial charge in [0, 0.05) is 30.6 Å². The Kier molecular flexibility index (Phi) is 10.2. The van der Waals surface area contributed by atoms with Crippen LogP contribution in [0.1, 0.15) is 43.8 Å². The van der Waals surface area contributed by atoms with Crippen molar-refractivity contribution in [1.82, 2.24) is 10.2 Å². The lowest BCUT2D eigenvalue weighted by atomic mass is 9.74. The number of cyclic esters (lactones) is 1. The molecular weight excluding hydrogens is 690 g/mol. The monoisotopic (exact) mass is 725 g/mol. The number of unbranched alkanes of at least 4 members (excludes halogenated alkanes) is 2. The molecule has 12 heteroatoms. The number of nitrogens with zero attached hydrogens (tertiary/aromatic N) is 2. The molecule has 10 nitrogen and oxygen atoms in total. The Balaban J connectivity index is 1.44. The van der Waals surface area contributed by atoms with Gasteiger partial charge in [-0.3, -0.25) is 19.2 Å². The van der Waals surface area contributed by atoms with Gasteiger partial charge >= 0.3 is 5.97 Å². The van der Waals surface area contributed by atoms with E-state index in [4.69, 9.17) is 21.1 Å². The quantitative estimate of drug-likeness (QED) is 0.245. The summed E-state index contributed by atoms with van der Waals surface area (Å²) in [5.74, 6) is -3.69. The highest BCUT2D eigenvalue weighted by Crippen LogP contribution is 2.59. The van der Waals surface area contributed by atoms with Gasteiger partial charge in [-0.1, -0.05) is 82.1 Å². The Morgan fingerprint density at radius 1 is 0.979 bits per heavy atom. The number of aliphatic hydroxyl groups is 1. The average molecular weight is 727 g/mol. The van der Waals surface area contributed by atoms with Crippen molar-refractivity contribution in [3.8, 4) is 0 Å². The van der Waals surface area contributed by atoms with Crippen LogP contribution in [0.5, 0.6) is 0 Å². The number of nitrogens with one attached hydrogen (secondary N) is 1. The second kappa shape index (κ2) is 14.3. The molecule has 0 unspecified atom stereocenters. The van der Waals surface area contributed by atoms with Gasteiger partial charge < -0.3 is 29.7 Å². The molecule has 0 aromatic heterocycles. The Bertz CT molecular complexity index is 1590. The maximum Gasteiger partial charge on any atom is 0.313 e. The first-order valence-corrected chi connectivity index (χ1v) is 17.1. The van der Waals surface area contributed by atoms with Crippen molar-refractivity contribution in [1.29, 1.82) is 0 Å². The van der Waals surface area contributed by atoms with Crippen molar-refractivity contribution < 1.29 is 33.8 Å². The summed E-state index contributed by atoms with van der Waals surface area (Å²) >= 11 is 10.2. The largest absolute Gasteiger partial charge is 0.455 e. The zero-order valence-corrected chi connectivity index (χ0v) is 28.1. The zero-order valence-electron chi connectivity index (χ0n) is 25.7. The minimum Gasteiger partial charge on any atom is -0.455 e. The van der Waals surface area contributed by atoms with Gasteiger partial charge in [0.05, 0.1) is 23.2 Å². The molecule has 4 aliphatic heterocycles. The lowest BCUT2D eigenvalue weighted by Gasteiger charge is -2.36. The van der Waals surface area contributed by atoms with Crippen LogP contribution in [0.15, 0.2) is 77.3 Å². The second-order valence-electron chi connectivity index (χ2n) is 12.2. The molecule has 0 saturated carbocycles. The summed E-state index contributed by atoms with van der Waals surface area (Å²) < 4.78 is 13.3. The number of aliphatic hydroxyl groups excluding tert-OH is 1. The highest BCUT2D eigenvalue weighted by Gasteiger charge is 2.75. The molecule has 248 valence electrons. The number of ether oxygens (including phenoxy) is 2. The van der Waals surface area contributed by atoms with Gasteiger partial charge in [-0.05, 0) is 49.5 Å². The SMILES string of the molecule is O=C1CC/C=C\CN(c2ccccc2Cl)C(=O)[C@@H]2N(CCCCCO)C(=O)[C@H]3[C@H](C(=O)O[C@H](c4ccccc4)CN1)[C@H]1O[C@@]23C=C1Br. The molecule has 5 bridgehead atoms. The number of carbonyl (C=O) groups is 4. The van der Waals surface area contributed by atoms with Gasteiger partial charge in [-0.25, -0.2) is 0 Å². The summed E-state index contributed by atoms with van der Waals surface area (Å²) in [5.41, 5.74) is -0.283. The highest BCUT2D eigenvalue weighted by atomic mass is 79.9. The number of fused-ring (bicyclic) bond motifs is 2. The number of esters is 1. The van der Waals surface area contributed by atoms with Gasteiger partial charge in [-0.2, -0.15) is 0 Å². The van der Waals surface area contributed by atoms with E-state index in [9.17, 15) is 24.3 Å². The Labute approximate surface area is 286 Å². The number of hydrogen-bond acceptors (Lipinski definition) is 7. The molecule has 4 heterocycles. The first-order chi connectivity index (χ1) is 22.8. The predicted octanol–water partition coefficient (Wildman–Crippen LogP) is 4.46. The number of benzene rings is 2. The van der Waals surface area contributed by atoms with Crippen molar-refractivity contribution in [2.75, 3.05) is 31.1 Å². The molecule has 47 heavy (non-hydrogen) atoms. The highest BCUT2D eigenvalue weighted by molar-refractivity contribution is 9.11. The van der Waals surface area contributed by atoms with Gasteiger partial charge in [0.2, 0.25) is 11.8 Å². The fourth-order valence-corrected chi connectivity index (χ4v) is 8.10. The molecule has 4 aliphatic rings. The van der Waals surface area contributed by atoms with E-state index in [2.05, 4.69) is 21.2 Å². The van der Waals surface area contributed by atoms with Crippen LogP contribution in [0, 0.1) is 11.8 Å². The molecular formula is C35H37BrClN3O7. The standard InChI is InChI=1S/C35H37BrClN3O7/c36-23-20-35-29-28(30(23)47-35)34(45)46-26(22-12-4-1-5-13-22)21-38-27(42)16-6-2-9-17-39(25-15-8-7-14-24(25)37)33(44)31(35)40(32(29)43)18-10-3-11-19-41/h1-2,4-5,7-9,12-15,20,26,28-31,41H,3,6,10-11,16-19,21H2,(H,38,42)/b9-2-/t26-,28-,29+,30-,31-,35+/m0/s1. The zero-order chi connectivity index (χ0) is 33.1. The number of hydrogen-bond donors (Lipinski definition) is 2. The van der Waals surface area contributed by atoms with Crippen LogP contribution in [0.2, 0.25) is 5.02 Å². The third-order valence-corrected chi connectivity index (χ3v) is 10.3. The van der Waals surface area contributed by atoms with Gasteiger partial charge in [0.25, 0.3) is 5.91 Å². The van der Waals surface area contributed by atoms with Gasteiger partial charge in [0.1, 0.15) is 29.8 Å². The molecule has 2 N–H and O–H groups in total. The summed E-state index contributed by atoms with van der Waals surface area (Å²) in [6.07, 6.45) is 6.14. The molecule has 2 aromatic carbocycles. The molecule has 6 rings (SSSR count). The number of allylic oxidation sites excluding steroid dienone is 1. The van der Waals surface area contributed by atoms with Crippen molar-refractivity contribution in [2.24, 2.45) is 11.8 Å². The molecule has 2 aromatic rings. The minimum absolute atomic E-state index is 0.0207. The van der Waals surface area contributed by atoms with E-state index >= 15 is 0 Å². The molecule has 6 atom stereocenters. The van der Waals surface area contributed by atoms with Crippen LogP contribution >= 0.6 is 27.5 Å². The fourth-order valence-electron chi connectivity index (χ4n) is 7.12. The summed E-state index contributed by atoms with van der Waals surface area (Å²) in [6.45, 7) is 0.437. The fraction of sp³-hybridized carbons (Fsp3) is 0.429. The van der Waals surface area contributed by atoms with E-state index in [1.807, 2.05) is 42.5 Å². The van der Waals surface area contributed by atoms with Crippen molar-refractivity contribution in [3.05, 3.63) is 87.9 Å².